The summed E-state index contributed by atoms with van der Waals surface area (Å²) in [4.78, 5) is 11.6. The quantitative estimate of drug-likeness (QED) is 0.698. The first kappa shape index (κ1) is 24.0. The molecule has 2 aromatic rings. The molecule has 2 aromatic carbocycles. The zero-order valence-corrected chi connectivity index (χ0v) is 17.1. The first-order valence-electron chi connectivity index (χ1n) is 8.38. The lowest BCUT2D eigenvalue weighted by Crippen LogP contribution is -2.31. The number of hydrogen-bond donors (Lipinski definition) is 2. The van der Waals surface area contributed by atoms with E-state index < -0.39 is 32.4 Å². The fraction of sp³-hybridized carbons (Fsp3) is 0.316. The molecular formula is C19H23ClF2N2O3S. The SMILES string of the molecule is CC(C)c1ccc(C(N)CNC(=O)c2ccc(S(=O)(=O)C(F)F)cc2)cc1.Cl. The molecule has 1 unspecified atom stereocenters. The minimum atomic E-state index is -4.68. The van der Waals surface area contributed by atoms with Gasteiger partial charge in [0.15, 0.2) is 0 Å². The Balaban J connectivity index is 0.00000392. The van der Waals surface area contributed by atoms with E-state index in [4.69, 9.17) is 5.73 Å². The molecule has 0 spiro atoms. The Morgan fingerprint density at radius 2 is 1.50 bits per heavy atom. The van der Waals surface area contributed by atoms with Crippen molar-refractivity contribution in [3.05, 3.63) is 65.2 Å². The van der Waals surface area contributed by atoms with Crippen LogP contribution in [0.3, 0.4) is 0 Å². The average molecular weight is 433 g/mol. The van der Waals surface area contributed by atoms with Gasteiger partial charge in [-0.2, -0.15) is 8.78 Å². The maximum atomic E-state index is 12.5. The lowest BCUT2D eigenvalue weighted by atomic mass is 9.99. The molecule has 3 N–H and O–H groups in total. The number of halogens is 3. The van der Waals surface area contributed by atoms with Crippen molar-refractivity contribution in [3.63, 3.8) is 0 Å². The summed E-state index contributed by atoms with van der Waals surface area (Å²) in [5.41, 5.74) is 8.30. The van der Waals surface area contributed by atoms with Gasteiger partial charge in [-0.1, -0.05) is 38.1 Å². The second kappa shape index (κ2) is 9.95. The van der Waals surface area contributed by atoms with Crippen LogP contribution in [0.1, 0.15) is 47.3 Å². The second-order valence-electron chi connectivity index (χ2n) is 6.47. The summed E-state index contributed by atoms with van der Waals surface area (Å²) in [5.74, 6) is -3.56. The van der Waals surface area contributed by atoms with Gasteiger partial charge in [0.25, 0.3) is 5.91 Å². The third kappa shape index (κ3) is 5.73. The van der Waals surface area contributed by atoms with Gasteiger partial charge in [0.05, 0.1) is 4.90 Å². The van der Waals surface area contributed by atoms with Crippen LogP contribution in [0.15, 0.2) is 53.4 Å². The van der Waals surface area contributed by atoms with Crippen LogP contribution in [0.5, 0.6) is 0 Å². The highest BCUT2D eigenvalue weighted by molar-refractivity contribution is 7.91. The number of alkyl halides is 2. The van der Waals surface area contributed by atoms with E-state index in [0.717, 1.165) is 17.7 Å². The van der Waals surface area contributed by atoms with E-state index in [2.05, 4.69) is 19.2 Å². The van der Waals surface area contributed by atoms with Crippen molar-refractivity contribution in [2.24, 2.45) is 5.73 Å². The number of carbonyl (C=O) groups excluding carboxylic acids is 1. The molecule has 0 bridgehead atoms. The van der Waals surface area contributed by atoms with E-state index in [1.807, 2.05) is 24.3 Å². The van der Waals surface area contributed by atoms with Gasteiger partial charge in [-0.25, -0.2) is 8.42 Å². The van der Waals surface area contributed by atoms with Crippen molar-refractivity contribution < 1.29 is 22.0 Å². The lowest BCUT2D eigenvalue weighted by Gasteiger charge is -2.15. The molecule has 0 aliphatic rings. The molecule has 0 saturated carbocycles. The topological polar surface area (TPSA) is 89.3 Å². The molecule has 1 atom stereocenters. The van der Waals surface area contributed by atoms with Gasteiger partial charge in [-0.15, -0.1) is 12.4 Å². The molecule has 9 heteroatoms. The minimum absolute atomic E-state index is 0. The molecule has 0 saturated heterocycles. The van der Waals surface area contributed by atoms with E-state index in [-0.39, 0.29) is 24.5 Å². The summed E-state index contributed by atoms with van der Waals surface area (Å²) < 4.78 is 47.8. The van der Waals surface area contributed by atoms with Crippen LogP contribution in [0.2, 0.25) is 0 Å². The van der Waals surface area contributed by atoms with E-state index in [1.54, 1.807) is 0 Å². The highest BCUT2D eigenvalue weighted by Gasteiger charge is 2.26. The van der Waals surface area contributed by atoms with Gasteiger partial charge in [0, 0.05) is 18.2 Å². The molecule has 154 valence electrons. The van der Waals surface area contributed by atoms with E-state index in [1.165, 1.54) is 17.7 Å². The van der Waals surface area contributed by atoms with Crippen LogP contribution < -0.4 is 11.1 Å². The Morgan fingerprint density at radius 1 is 1.00 bits per heavy atom. The zero-order valence-electron chi connectivity index (χ0n) is 15.4. The number of carbonyl (C=O) groups is 1. The number of amides is 1. The fourth-order valence-corrected chi connectivity index (χ4v) is 3.17. The fourth-order valence-electron chi connectivity index (χ4n) is 2.45. The molecule has 0 fully saturated rings. The Morgan fingerprint density at radius 3 is 1.96 bits per heavy atom. The highest BCUT2D eigenvalue weighted by atomic mass is 35.5. The largest absolute Gasteiger partial charge is 0.350 e. The Kier molecular flexibility index (Phi) is 8.53. The molecule has 0 aliphatic carbocycles. The number of hydrogen-bond acceptors (Lipinski definition) is 4. The minimum Gasteiger partial charge on any atom is -0.350 e. The average Bonchev–Trinajstić information content (AvgIpc) is 2.65. The number of nitrogens with two attached hydrogens (primary N) is 1. The van der Waals surface area contributed by atoms with Crippen molar-refractivity contribution in [2.45, 2.75) is 36.5 Å². The summed E-state index contributed by atoms with van der Waals surface area (Å²) in [6.07, 6.45) is 0. The van der Waals surface area contributed by atoms with Gasteiger partial charge in [0.2, 0.25) is 9.84 Å². The normalized spacial score (nSPS) is 12.5. The first-order valence-corrected chi connectivity index (χ1v) is 9.93. The summed E-state index contributed by atoms with van der Waals surface area (Å²) in [6, 6.07) is 11.7. The molecule has 5 nitrogen and oxygen atoms in total. The molecule has 1 amide bonds. The van der Waals surface area contributed by atoms with Gasteiger partial charge in [0.1, 0.15) is 0 Å². The Bertz CT molecular complexity index is 886. The molecule has 0 radical (unpaired) electrons. The van der Waals surface area contributed by atoms with Crippen molar-refractivity contribution in [3.8, 4) is 0 Å². The van der Waals surface area contributed by atoms with Gasteiger partial charge in [-0.05, 0) is 41.3 Å². The van der Waals surface area contributed by atoms with Crippen molar-refractivity contribution >= 4 is 28.2 Å². The molecule has 0 heterocycles. The van der Waals surface area contributed by atoms with Crippen LogP contribution in [-0.2, 0) is 9.84 Å². The van der Waals surface area contributed by atoms with E-state index in [9.17, 15) is 22.0 Å². The predicted octanol–water partition coefficient (Wildman–Crippen LogP) is 3.66. The lowest BCUT2D eigenvalue weighted by molar-refractivity contribution is 0.0951. The first-order chi connectivity index (χ1) is 12.6. The Labute approximate surface area is 169 Å². The highest BCUT2D eigenvalue weighted by Crippen LogP contribution is 2.19. The summed E-state index contributed by atoms with van der Waals surface area (Å²) in [6.45, 7) is 4.36. The third-order valence-electron chi connectivity index (χ3n) is 4.19. The van der Waals surface area contributed by atoms with Gasteiger partial charge < -0.3 is 11.1 Å². The van der Waals surface area contributed by atoms with Crippen LogP contribution in [-0.4, -0.2) is 26.6 Å². The monoisotopic (exact) mass is 432 g/mol. The Hall–Kier alpha value is -2.03. The molecule has 0 aromatic heterocycles. The van der Waals surface area contributed by atoms with Crippen molar-refractivity contribution in [1.29, 1.82) is 0 Å². The number of rotatable bonds is 7. The number of benzene rings is 2. The smallest absolute Gasteiger partial charge is 0.341 e. The summed E-state index contributed by atoms with van der Waals surface area (Å²) in [7, 11) is -4.68. The summed E-state index contributed by atoms with van der Waals surface area (Å²) >= 11 is 0. The second-order valence-corrected chi connectivity index (χ2v) is 8.39. The van der Waals surface area contributed by atoms with Crippen molar-refractivity contribution in [2.75, 3.05) is 6.54 Å². The molecule has 2 rings (SSSR count). The van der Waals surface area contributed by atoms with Crippen LogP contribution >= 0.6 is 12.4 Å². The van der Waals surface area contributed by atoms with Gasteiger partial charge >= 0.3 is 5.76 Å². The number of nitrogens with one attached hydrogen (secondary N) is 1. The zero-order chi connectivity index (χ0) is 20.2. The standard InChI is InChI=1S/C19H22F2N2O3S.ClH/c1-12(2)13-3-5-14(6-4-13)17(22)11-23-18(24)15-7-9-16(10-8-15)27(25,26)19(20)21;/h3-10,12,17,19H,11,22H2,1-2H3,(H,23,24);1H. The third-order valence-corrected chi connectivity index (χ3v) is 5.59. The predicted molar refractivity (Wildman–Crippen MR) is 107 cm³/mol. The maximum absolute atomic E-state index is 12.5. The molecular weight excluding hydrogens is 410 g/mol. The maximum Gasteiger partial charge on any atom is 0.341 e. The van der Waals surface area contributed by atoms with Crippen LogP contribution in [0, 0.1) is 0 Å². The van der Waals surface area contributed by atoms with E-state index in [0.29, 0.717) is 5.92 Å². The van der Waals surface area contributed by atoms with Crippen LogP contribution in [0.4, 0.5) is 8.78 Å². The summed E-state index contributed by atoms with van der Waals surface area (Å²) in [5, 5.41) is 2.65. The number of sulfone groups is 1. The molecule has 0 aliphatic heterocycles. The van der Waals surface area contributed by atoms with Gasteiger partial charge in [-0.3, -0.25) is 4.79 Å². The van der Waals surface area contributed by atoms with Crippen LogP contribution in [0.25, 0.3) is 0 Å². The molecule has 28 heavy (non-hydrogen) atoms. The van der Waals surface area contributed by atoms with Crippen molar-refractivity contribution in [1.82, 2.24) is 5.32 Å². The van der Waals surface area contributed by atoms with E-state index >= 15 is 0 Å².